The van der Waals surface area contributed by atoms with Gasteiger partial charge in [0.2, 0.25) is 0 Å². The van der Waals surface area contributed by atoms with Gasteiger partial charge in [0.05, 0.1) is 18.9 Å². The second kappa shape index (κ2) is 4.35. The van der Waals surface area contributed by atoms with Crippen LogP contribution < -0.4 is 0 Å². The van der Waals surface area contributed by atoms with E-state index in [4.69, 9.17) is 5.26 Å². The molecule has 2 aromatic rings. The van der Waals surface area contributed by atoms with Crippen LogP contribution in [0.3, 0.4) is 0 Å². The molecule has 17 heavy (non-hydrogen) atoms. The molecular formula is C10H8N4O2S. The van der Waals surface area contributed by atoms with Gasteiger partial charge in [0, 0.05) is 12.4 Å². The SMILES string of the molecule is COC(=O)c1c(-c2nc(C#N)cs2)cnn1C. The summed E-state index contributed by atoms with van der Waals surface area (Å²) in [6.07, 6.45) is 1.53. The van der Waals surface area contributed by atoms with Crippen LogP contribution in [0.15, 0.2) is 11.6 Å². The van der Waals surface area contributed by atoms with Crippen molar-refractivity contribution in [3.8, 4) is 16.6 Å². The zero-order valence-corrected chi connectivity index (χ0v) is 9.98. The zero-order valence-electron chi connectivity index (χ0n) is 9.17. The highest BCUT2D eigenvalue weighted by Gasteiger charge is 2.20. The van der Waals surface area contributed by atoms with Gasteiger partial charge < -0.3 is 4.74 Å². The van der Waals surface area contributed by atoms with E-state index in [-0.39, 0.29) is 0 Å². The minimum absolute atomic E-state index is 0.324. The monoisotopic (exact) mass is 248 g/mol. The number of carbonyl (C=O) groups is 1. The van der Waals surface area contributed by atoms with Crippen LogP contribution in [0.25, 0.3) is 10.6 Å². The average molecular weight is 248 g/mol. The van der Waals surface area contributed by atoms with E-state index in [1.165, 1.54) is 29.3 Å². The van der Waals surface area contributed by atoms with E-state index in [1.807, 2.05) is 6.07 Å². The zero-order chi connectivity index (χ0) is 12.4. The molecule has 2 heterocycles. The first-order chi connectivity index (χ1) is 8.17. The Bertz CT molecular complexity index is 608. The number of nitrogens with zero attached hydrogens (tertiary/aromatic N) is 4. The smallest absolute Gasteiger partial charge is 0.357 e. The standard InChI is InChI=1S/C10H8N4O2S/c1-14-8(10(15)16-2)7(4-12-14)9-13-6(3-11)5-17-9/h4-5H,1-2H3. The van der Waals surface area contributed by atoms with Crippen molar-refractivity contribution in [3.63, 3.8) is 0 Å². The number of esters is 1. The molecular weight excluding hydrogens is 240 g/mol. The van der Waals surface area contributed by atoms with Crippen LogP contribution in [-0.4, -0.2) is 27.8 Å². The molecule has 2 aromatic heterocycles. The van der Waals surface area contributed by atoms with Crippen molar-refractivity contribution in [2.75, 3.05) is 7.11 Å². The number of hydrogen-bond donors (Lipinski definition) is 0. The van der Waals surface area contributed by atoms with Crippen LogP contribution in [0.2, 0.25) is 0 Å². The lowest BCUT2D eigenvalue weighted by molar-refractivity contribution is 0.0589. The third-order valence-corrected chi connectivity index (χ3v) is 3.04. The van der Waals surface area contributed by atoms with E-state index >= 15 is 0 Å². The summed E-state index contributed by atoms with van der Waals surface area (Å²) in [5.41, 5.74) is 1.22. The lowest BCUT2D eigenvalue weighted by atomic mass is 10.2. The van der Waals surface area contributed by atoms with Crippen molar-refractivity contribution in [1.82, 2.24) is 14.8 Å². The fraction of sp³-hybridized carbons (Fsp3) is 0.200. The van der Waals surface area contributed by atoms with Gasteiger partial charge in [0.25, 0.3) is 0 Å². The summed E-state index contributed by atoms with van der Waals surface area (Å²) in [6.45, 7) is 0. The molecule has 0 radical (unpaired) electrons. The Morgan fingerprint density at radius 2 is 2.41 bits per heavy atom. The molecule has 0 fully saturated rings. The van der Waals surface area contributed by atoms with Crippen molar-refractivity contribution in [2.24, 2.45) is 7.05 Å². The molecule has 0 aromatic carbocycles. The minimum Gasteiger partial charge on any atom is -0.464 e. The van der Waals surface area contributed by atoms with Crippen molar-refractivity contribution < 1.29 is 9.53 Å². The van der Waals surface area contributed by atoms with E-state index in [0.29, 0.717) is 22.0 Å². The van der Waals surface area contributed by atoms with Gasteiger partial charge in [-0.2, -0.15) is 10.4 Å². The van der Waals surface area contributed by atoms with Crippen LogP contribution in [0.1, 0.15) is 16.2 Å². The Morgan fingerprint density at radius 3 is 3.00 bits per heavy atom. The van der Waals surface area contributed by atoms with Gasteiger partial charge >= 0.3 is 5.97 Å². The van der Waals surface area contributed by atoms with Crippen molar-refractivity contribution in [2.45, 2.75) is 0 Å². The van der Waals surface area contributed by atoms with Crippen LogP contribution in [0, 0.1) is 11.3 Å². The first-order valence-corrected chi connectivity index (χ1v) is 5.51. The molecule has 0 unspecified atom stereocenters. The number of thiazole rings is 1. The molecule has 0 aliphatic carbocycles. The fourth-order valence-electron chi connectivity index (χ4n) is 1.38. The van der Waals surface area contributed by atoms with Crippen LogP contribution in [-0.2, 0) is 11.8 Å². The molecule has 0 bridgehead atoms. The van der Waals surface area contributed by atoms with Crippen molar-refractivity contribution in [3.05, 3.63) is 23.0 Å². The lowest BCUT2D eigenvalue weighted by Gasteiger charge is -2.01. The van der Waals surface area contributed by atoms with E-state index in [1.54, 1.807) is 12.4 Å². The van der Waals surface area contributed by atoms with Crippen LogP contribution in [0.5, 0.6) is 0 Å². The maximum atomic E-state index is 11.6. The Kier molecular flexibility index (Phi) is 2.89. The summed E-state index contributed by atoms with van der Waals surface area (Å²) in [4.78, 5) is 15.7. The number of ether oxygens (including phenoxy) is 1. The van der Waals surface area contributed by atoms with Gasteiger partial charge in [0.15, 0.2) is 11.4 Å². The van der Waals surface area contributed by atoms with Gasteiger partial charge in [-0.1, -0.05) is 0 Å². The normalized spacial score (nSPS) is 9.94. The number of nitriles is 1. The molecule has 86 valence electrons. The molecule has 2 rings (SSSR count). The second-order valence-electron chi connectivity index (χ2n) is 3.17. The molecule has 0 aliphatic heterocycles. The predicted molar refractivity (Wildman–Crippen MR) is 60.4 cm³/mol. The molecule has 6 nitrogen and oxygen atoms in total. The highest BCUT2D eigenvalue weighted by Crippen LogP contribution is 2.26. The Labute approximate surface area is 101 Å². The number of aryl methyl sites for hydroxylation is 1. The highest BCUT2D eigenvalue weighted by atomic mass is 32.1. The molecule has 0 amide bonds. The van der Waals surface area contributed by atoms with Gasteiger partial charge in [-0.3, -0.25) is 4.68 Å². The summed E-state index contributed by atoms with van der Waals surface area (Å²) in [7, 11) is 2.95. The first-order valence-electron chi connectivity index (χ1n) is 4.63. The number of rotatable bonds is 2. The first kappa shape index (κ1) is 11.3. The second-order valence-corrected chi connectivity index (χ2v) is 4.03. The lowest BCUT2D eigenvalue weighted by Crippen LogP contribution is -2.09. The molecule has 0 saturated heterocycles. The summed E-state index contributed by atoms with van der Waals surface area (Å²) in [5.74, 6) is -0.478. The Morgan fingerprint density at radius 1 is 1.65 bits per heavy atom. The maximum Gasteiger partial charge on any atom is 0.357 e. The number of hydrogen-bond acceptors (Lipinski definition) is 6. The number of methoxy groups -OCH3 is 1. The van der Waals surface area contributed by atoms with Crippen molar-refractivity contribution in [1.29, 1.82) is 5.26 Å². The molecule has 0 atom stereocenters. The average Bonchev–Trinajstić information content (AvgIpc) is 2.94. The van der Waals surface area contributed by atoms with Gasteiger partial charge in [0.1, 0.15) is 11.1 Å². The van der Waals surface area contributed by atoms with Gasteiger partial charge in [-0.15, -0.1) is 11.3 Å². The maximum absolute atomic E-state index is 11.6. The Hall–Kier alpha value is -2.20. The third kappa shape index (κ3) is 1.90. The summed E-state index contributed by atoms with van der Waals surface area (Å²) >= 11 is 1.29. The van der Waals surface area contributed by atoms with E-state index < -0.39 is 5.97 Å². The van der Waals surface area contributed by atoms with E-state index in [2.05, 4.69) is 14.8 Å². The summed E-state index contributed by atoms with van der Waals surface area (Å²) in [5, 5.41) is 14.9. The number of aromatic nitrogens is 3. The third-order valence-electron chi connectivity index (χ3n) is 2.17. The van der Waals surface area contributed by atoms with E-state index in [9.17, 15) is 4.79 Å². The minimum atomic E-state index is -0.478. The summed E-state index contributed by atoms with van der Waals surface area (Å²) < 4.78 is 6.11. The molecule has 0 aliphatic rings. The Balaban J connectivity index is 2.53. The van der Waals surface area contributed by atoms with Crippen molar-refractivity contribution >= 4 is 17.3 Å². The largest absolute Gasteiger partial charge is 0.464 e. The fourth-order valence-corrected chi connectivity index (χ4v) is 2.14. The number of carbonyl (C=O) groups excluding carboxylic acids is 1. The molecule has 7 heteroatoms. The predicted octanol–water partition coefficient (Wildman–Crippen LogP) is 1.20. The van der Waals surface area contributed by atoms with E-state index in [0.717, 1.165) is 0 Å². The topological polar surface area (TPSA) is 80.8 Å². The van der Waals surface area contributed by atoms with Crippen LogP contribution >= 0.6 is 11.3 Å². The summed E-state index contributed by atoms with van der Waals surface area (Å²) in [6, 6.07) is 1.94. The highest BCUT2D eigenvalue weighted by molar-refractivity contribution is 7.13. The van der Waals surface area contributed by atoms with Gasteiger partial charge in [-0.25, -0.2) is 9.78 Å². The molecule has 0 spiro atoms. The molecule has 0 saturated carbocycles. The van der Waals surface area contributed by atoms with Gasteiger partial charge in [-0.05, 0) is 0 Å². The van der Waals surface area contributed by atoms with Crippen LogP contribution in [0.4, 0.5) is 0 Å². The quantitative estimate of drug-likeness (QED) is 0.746. The molecule has 0 N–H and O–H groups in total.